The highest BCUT2D eigenvalue weighted by Gasteiger charge is 2.07. The van der Waals surface area contributed by atoms with Crippen molar-refractivity contribution >= 4 is 40.7 Å². The van der Waals surface area contributed by atoms with Crippen molar-refractivity contribution in [1.29, 1.82) is 0 Å². The average molecular weight is 308 g/mol. The van der Waals surface area contributed by atoms with Crippen LogP contribution in [-0.2, 0) is 4.79 Å². The van der Waals surface area contributed by atoms with Crippen molar-refractivity contribution < 1.29 is 14.7 Å². The van der Waals surface area contributed by atoms with Crippen molar-refractivity contribution in [3.63, 3.8) is 0 Å². The number of thioether (sulfide) groups is 1. The van der Waals surface area contributed by atoms with Crippen LogP contribution >= 0.6 is 23.1 Å². The van der Waals surface area contributed by atoms with Gasteiger partial charge in [0.2, 0.25) is 5.91 Å². The highest BCUT2D eigenvalue weighted by molar-refractivity contribution is 8.01. The number of aromatic nitrogens is 1. The Morgan fingerprint density at radius 2 is 2.05 bits per heavy atom. The van der Waals surface area contributed by atoms with Gasteiger partial charge in [0.1, 0.15) is 0 Å². The molecule has 0 aliphatic carbocycles. The molecule has 0 saturated carbocycles. The molecule has 5 nitrogen and oxygen atoms in total. The fraction of sp³-hybridized carbons (Fsp3) is 0.154. The second-order valence-electron chi connectivity index (χ2n) is 3.97. The molecule has 1 heterocycles. The first-order valence-corrected chi connectivity index (χ1v) is 7.59. The number of carbonyl (C=O) groups is 2. The number of carboxylic acids is 1. The molecule has 0 atom stereocenters. The fourth-order valence-electron chi connectivity index (χ4n) is 1.42. The summed E-state index contributed by atoms with van der Waals surface area (Å²) in [6.45, 7) is 1.91. The van der Waals surface area contributed by atoms with Gasteiger partial charge in [0.15, 0.2) is 4.34 Å². The van der Waals surface area contributed by atoms with Gasteiger partial charge in [-0.3, -0.25) is 4.79 Å². The van der Waals surface area contributed by atoms with Crippen LogP contribution < -0.4 is 5.32 Å². The van der Waals surface area contributed by atoms with E-state index in [0.717, 1.165) is 10.0 Å². The molecule has 20 heavy (non-hydrogen) atoms. The Morgan fingerprint density at radius 1 is 1.35 bits per heavy atom. The van der Waals surface area contributed by atoms with Crippen molar-refractivity contribution in [2.75, 3.05) is 11.1 Å². The first-order chi connectivity index (χ1) is 9.54. The van der Waals surface area contributed by atoms with E-state index >= 15 is 0 Å². The molecule has 0 fully saturated rings. The van der Waals surface area contributed by atoms with E-state index in [-0.39, 0.29) is 17.2 Å². The van der Waals surface area contributed by atoms with Crippen molar-refractivity contribution in [2.45, 2.75) is 11.3 Å². The lowest BCUT2D eigenvalue weighted by atomic mass is 10.2. The zero-order chi connectivity index (χ0) is 14.5. The van der Waals surface area contributed by atoms with Gasteiger partial charge < -0.3 is 10.4 Å². The molecule has 2 N–H and O–H groups in total. The zero-order valence-electron chi connectivity index (χ0n) is 10.6. The van der Waals surface area contributed by atoms with Gasteiger partial charge in [0, 0.05) is 16.8 Å². The van der Waals surface area contributed by atoms with Crippen LogP contribution in [0.25, 0.3) is 0 Å². The standard InChI is InChI=1S/C13H12N2O3S2/c1-8-6-19-13(14-8)20-7-11(16)15-10-4-2-9(3-5-10)12(17)18/h2-6H,7H2,1H3,(H,15,16)(H,17,18). The average Bonchev–Trinajstić information content (AvgIpc) is 2.83. The minimum atomic E-state index is -0.988. The number of anilines is 1. The Kier molecular flexibility index (Phi) is 4.75. The fourth-order valence-corrected chi connectivity index (χ4v) is 3.07. The number of aromatic carboxylic acids is 1. The Labute approximate surface area is 124 Å². The maximum Gasteiger partial charge on any atom is 0.335 e. The first-order valence-electron chi connectivity index (χ1n) is 5.73. The number of nitrogens with zero attached hydrogens (tertiary/aromatic N) is 1. The molecule has 104 valence electrons. The molecule has 0 spiro atoms. The lowest BCUT2D eigenvalue weighted by molar-refractivity contribution is -0.113. The van der Waals surface area contributed by atoms with E-state index in [4.69, 9.17) is 5.11 Å². The predicted molar refractivity (Wildman–Crippen MR) is 79.6 cm³/mol. The topological polar surface area (TPSA) is 79.3 Å². The number of thiazole rings is 1. The second-order valence-corrected chi connectivity index (χ2v) is 6.05. The molecular formula is C13H12N2O3S2. The van der Waals surface area contributed by atoms with E-state index in [2.05, 4.69) is 10.3 Å². The summed E-state index contributed by atoms with van der Waals surface area (Å²) < 4.78 is 0.860. The number of carboxylic acid groups (broad SMARTS) is 1. The number of aryl methyl sites for hydroxylation is 1. The Morgan fingerprint density at radius 3 is 2.60 bits per heavy atom. The summed E-state index contributed by atoms with van der Waals surface area (Å²) in [4.78, 5) is 26.7. The highest BCUT2D eigenvalue weighted by Crippen LogP contribution is 2.22. The lowest BCUT2D eigenvalue weighted by Crippen LogP contribution is -2.14. The molecule has 1 aromatic carbocycles. The number of rotatable bonds is 5. The lowest BCUT2D eigenvalue weighted by Gasteiger charge is -2.04. The molecule has 0 aliphatic heterocycles. The highest BCUT2D eigenvalue weighted by atomic mass is 32.2. The van der Waals surface area contributed by atoms with Crippen molar-refractivity contribution in [2.24, 2.45) is 0 Å². The number of nitrogens with one attached hydrogen (secondary N) is 1. The maximum atomic E-state index is 11.7. The number of hydrogen-bond donors (Lipinski definition) is 2. The Balaban J connectivity index is 1.86. The normalized spacial score (nSPS) is 10.2. The van der Waals surface area contributed by atoms with E-state index in [1.165, 1.54) is 35.2 Å². The zero-order valence-corrected chi connectivity index (χ0v) is 12.3. The SMILES string of the molecule is Cc1csc(SCC(=O)Nc2ccc(C(=O)O)cc2)n1. The van der Waals surface area contributed by atoms with Gasteiger partial charge >= 0.3 is 5.97 Å². The Hall–Kier alpha value is -1.86. The molecule has 0 aliphatic rings. The van der Waals surface area contributed by atoms with Crippen LogP contribution in [0.3, 0.4) is 0 Å². The van der Waals surface area contributed by atoms with E-state index in [0.29, 0.717) is 5.69 Å². The molecular weight excluding hydrogens is 296 g/mol. The number of hydrogen-bond acceptors (Lipinski definition) is 5. The largest absolute Gasteiger partial charge is 0.478 e. The minimum absolute atomic E-state index is 0.147. The van der Waals surface area contributed by atoms with Crippen LogP contribution in [0.1, 0.15) is 16.1 Å². The van der Waals surface area contributed by atoms with Crippen LogP contribution in [0.4, 0.5) is 5.69 Å². The summed E-state index contributed by atoms with van der Waals surface area (Å²) >= 11 is 2.89. The van der Waals surface area contributed by atoms with E-state index < -0.39 is 5.97 Å². The van der Waals surface area contributed by atoms with Crippen LogP contribution in [0.5, 0.6) is 0 Å². The third-order valence-electron chi connectivity index (χ3n) is 2.34. The molecule has 2 rings (SSSR count). The van der Waals surface area contributed by atoms with Crippen LogP contribution in [0, 0.1) is 6.92 Å². The van der Waals surface area contributed by atoms with E-state index in [9.17, 15) is 9.59 Å². The molecule has 1 amide bonds. The molecule has 2 aromatic rings. The molecule has 7 heteroatoms. The van der Waals surface area contributed by atoms with Gasteiger partial charge in [-0.05, 0) is 31.2 Å². The quantitative estimate of drug-likeness (QED) is 0.830. The summed E-state index contributed by atoms with van der Waals surface area (Å²) in [5.74, 6) is -0.864. The van der Waals surface area contributed by atoms with Gasteiger partial charge in [0.25, 0.3) is 0 Å². The maximum absolute atomic E-state index is 11.7. The Bertz CT molecular complexity index is 623. The van der Waals surface area contributed by atoms with Crippen LogP contribution in [-0.4, -0.2) is 27.7 Å². The summed E-state index contributed by atoms with van der Waals surface area (Å²) in [5, 5.41) is 13.4. The number of carbonyl (C=O) groups excluding carboxylic acids is 1. The first kappa shape index (κ1) is 14.5. The monoisotopic (exact) mass is 308 g/mol. The number of amides is 1. The van der Waals surface area contributed by atoms with E-state index in [1.807, 2.05) is 12.3 Å². The predicted octanol–water partition coefficient (Wildman–Crippen LogP) is 2.88. The van der Waals surface area contributed by atoms with E-state index in [1.54, 1.807) is 12.1 Å². The minimum Gasteiger partial charge on any atom is -0.478 e. The van der Waals surface area contributed by atoms with Gasteiger partial charge in [-0.1, -0.05) is 11.8 Å². The van der Waals surface area contributed by atoms with Gasteiger partial charge in [-0.2, -0.15) is 0 Å². The summed E-state index contributed by atoms with van der Waals surface area (Å²) in [6.07, 6.45) is 0. The van der Waals surface area contributed by atoms with Crippen molar-refractivity contribution in [3.8, 4) is 0 Å². The number of benzene rings is 1. The molecule has 1 aromatic heterocycles. The summed E-state index contributed by atoms with van der Waals surface area (Å²) in [7, 11) is 0. The summed E-state index contributed by atoms with van der Waals surface area (Å²) in [6, 6.07) is 6.05. The second kappa shape index (κ2) is 6.53. The van der Waals surface area contributed by atoms with Gasteiger partial charge in [-0.15, -0.1) is 11.3 Å². The molecule has 0 radical (unpaired) electrons. The van der Waals surface area contributed by atoms with Crippen LogP contribution in [0.15, 0.2) is 34.0 Å². The van der Waals surface area contributed by atoms with Gasteiger partial charge in [0.05, 0.1) is 11.3 Å². The third-order valence-corrected chi connectivity index (χ3v) is 4.48. The molecule has 0 saturated heterocycles. The van der Waals surface area contributed by atoms with Crippen molar-refractivity contribution in [3.05, 3.63) is 40.9 Å². The molecule has 0 unspecified atom stereocenters. The van der Waals surface area contributed by atoms with Gasteiger partial charge in [-0.25, -0.2) is 9.78 Å². The van der Waals surface area contributed by atoms with Crippen LogP contribution in [0.2, 0.25) is 0 Å². The summed E-state index contributed by atoms with van der Waals surface area (Å²) in [5.41, 5.74) is 1.72. The smallest absolute Gasteiger partial charge is 0.335 e. The van der Waals surface area contributed by atoms with Crippen molar-refractivity contribution in [1.82, 2.24) is 4.98 Å². The molecule has 0 bridgehead atoms. The third kappa shape index (κ3) is 4.07.